The second-order valence-electron chi connectivity index (χ2n) is 6.47. The summed E-state index contributed by atoms with van der Waals surface area (Å²) < 4.78 is 4.96. The first-order valence-electron chi connectivity index (χ1n) is 8.46. The molecule has 5 nitrogen and oxygen atoms in total. The Morgan fingerprint density at radius 2 is 1.96 bits per heavy atom. The molecule has 1 N–H and O–H groups in total. The second-order valence-corrected chi connectivity index (χ2v) is 6.47. The van der Waals surface area contributed by atoms with Crippen LogP contribution in [-0.4, -0.2) is 36.7 Å². The smallest absolute Gasteiger partial charge is 0.311 e. The van der Waals surface area contributed by atoms with Gasteiger partial charge in [0.25, 0.3) is 0 Å². The Morgan fingerprint density at radius 1 is 1.16 bits per heavy atom. The largest absolute Gasteiger partial charge is 0.463 e. The number of fused-ring (bicyclic) bond motifs is 3. The van der Waals surface area contributed by atoms with E-state index in [1.165, 1.54) is 22.3 Å². The SMILES string of the molecule is O=C(OCCO)[C@H]1CC(=O)N(c2ccc3c(c2)Cc2ccccc2-3)C1. The number of aliphatic hydroxyl groups excluding tert-OH is 1. The van der Waals surface area contributed by atoms with Crippen molar-refractivity contribution in [2.75, 3.05) is 24.7 Å². The minimum absolute atomic E-state index is 0.0272. The number of ether oxygens (including phenoxy) is 1. The summed E-state index contributed by atoms with van der Waals surface area (Å²) in [6, 6.07) is 14.4. The van der Waals surface area contributed by atoms with Crippen molar-refractivity contribution in [3.05, 3.63) is 53.6 Å². The van der Waals surface area contributed by atoms with Crippen LogP contribution < -0.4 is 4.90 Å². The topological polar surface area (TPSA) is 66.8 Å². The van der Waals surface area contributed by atoms with Crippen LogP contribution in [0.5, 0.6) is 0 Å². The van der Waals surface area contributed by atoms with Crippen LogP contribution in [0.4, 0.5) is 5.69 Å². The van der Waals surface area contributed by atoms with Gasteiger partial charge >= 0.3 is 5.97 Å². The predicted octanol–water partition coefficient (Wildman–Crippen LogP) is 2.15. The molecule has 128 valence electrons. The van der Waals surface area contributed by atoms with Crippen molar-refractivity contribution in [3.63, 3.8) is 0 Å². The van der Waals surface area contributed by atoms with Crippen LogP contribution in [-0.2, 0) is 20.7 Å². The third-order valence-corrected chi connectivity index (χ3v) is 4.88. The van der Waals surface area contributed by atoms with Gasteiger partial charge in [-0.25, -0.2) is 0 Å². The molecule has 2 aromatic rings. The Kier molecular flexibility index (Phi) is 4.01. The number of carbonyl (C=O) groups is 2. The van der Waals surface area contributed by atoms with Crippen molar-refractivity contribution in [2.45, 2.75) is 12.8 Å². The quantitative estimate of drug-likeness (QED) is 0.741. The van der Waals surface area contributed by atoms with Crippen molar-refractivity contribution >= 4 is 17.6 Å². The van der Waals surface area contributed by atoms with Crippen molar-refractivity contribution in [1.82, 2.24) is 0 Å². The van der Waals surface area contributed by atoms with E-state index in [0.29, 0.717) is 6.54 Å². The van der Waals surface area contributed by atoms with Crippen LogP contribution in [0, 0.1) is 5.92 Å². The zero-order valence-electron chi connectivity index (χ0n) is 13.8. The lowest BCUT2D eigenvalue weighted by Crippen LogP contribution is -2.26. The molecule has 0 unspecified atom stereocenters. The summed E-state index contributed by atoms with van der Waals surface area (Å²) in [5, 5.41) is 8.75. The summed E-state index contributed by atoms with van der Waals surface area (Å²) in [4.78, 5) is 26.0. The standard InChI is InChI=1S/C20H19NO4/c22-7-8-25-20(24)15-11-19(23)21(12-15)16-5-6-18-14(10-16)9-13-3-1-2-4-17(13)18/h1-6,10,15,22H,7-9,11-12H2/t15-/m0/s1. The summed E-state index contributed by atoms with van der Waals surface area (Å²) >= 11 is 0. The number of amides is 1. The Labute approximate surface area is 145 Å². The zero-order chi connectivity index (χ0) is 17.4. The molecule has 1 heterocycles. The van der Waals surface area contributed by atoms with Crippen molar-refractivity contribution in [1.29, 1.82) is 0 Å². The number of carbonyl (C=O) groups excluding carboxylic acids is 2. The molecule has 1 fully saturated rings. The minimum atomic E-state index is -0.468. The highest BCUT2D eigenvalue weighted by Gasteiger charge is 2.36. The van der Waals surface area contributed by atoms with Gasteiger partial charge < -0.3 is 14.7 Å². The Hall–Kier alpha value is -2.66. The van der Waals surface area contributed by atoms with Gasteiger partial charge in [-0.05, 0) is 40.8 Å². The Morgan fingerprint density at radius 3 is 2.80 bits per heavy atom. The first-order valence-corrected chi connectivity index (χ1v) is 8.46. The lowest BCUT2D eigenvalue weighted by molar-refractivity contribution is -0.149. The maximum Gasteiger partial charge on any atom is 0.311 e. The maximum absolute atomic E-state index is 12.4. The number of aliphatic hydroxyl groups is 1. The first-order chi connectivity index (χ1) is 12.2. The number of benzene rings is 2. The molecule has 0 aromatic heterocycles. The monoisotopic (exact) mass is 337 g/mol. The van der Waals surface area contributed by atoms with Gasteiger partial charge in [0.2, 0.25) is 5.91 Å². The van der Waals surface area contributed by atoms with Crippen LogP contribution in [0.2, 0.25) is 0 Å². The van der Waals surface area contributed by atoms with E-state index in [1.807, 2.05) is 18.2 Å². The van der Waals surface area contributed by atoms with Gasteiger partial charge in [0.15, 0.2) is 0 Å². The first kappa shape index (κ1) is 15.8. The fraction of sp³-hybridized carbons (Fsp3) is 0.300. The minimum Gasteiger partial charge on any atom is -0.463 e. The number of rotatable bonds is 4. The molecule has 2 aliphatic rings. The average Bonchev–Trinajstić information content (AvgIpc) is 3.19. The molecule has 1 aliphatic carbocycles. The van der Waals surface area contributed by atoms with Gasteiger partial charge in [-0.3, -0.25) is 9.59 Å². The van der Waals surface area contributed by atoms with Crippen molar-refractivity contribution in [2.24, 2.45) is 5.92 Å². The van der Waals surface area contributed by atoms with E-state index in [2.05, 4.69) is 24.3 Å². The highest BCUT2D eigenvalue weighted by atomic mass is 16.5. The van der Waals surface area contributed by atoms with E-state index in [0.717, 1.165) is 12.1 Å². The average molecular weight is 337 g/mol. The molecule has 2 aromatic carbocycles. The molecule has 0 saturated carbocycles. The van der Waals surface area contributed by atoms with E-state index >= 15 is 0 Å². The normalized spacial score (nSPS) is 18.2. The molecule has 4 rings (SSSR count). The molecule has 1 atom stereocenters. The maximum atomic E-state index is 12.4. The van der Waals surface area contributed by atoms with Crippen molar-refractivity contribution in [3.8, 4) is 11.1 Å². The van der Waals surface area contributed by atoms with Gasteiger partial charge in [0.1, 0.15) is 6.61 Å². The number of nitrogens with zero attached hydrogens (tertiary/aromatic N) is 1. The van der Waals surface area contributed by atoms with Gasteiger partial charge in [-0.15, -0.1) is 0 Å². The van der Waals surface area contributed by atoms with Crippen LogP contribution in [0.15, 0.2) is 42.5 Å². The molecular weight excluding hydrogens is 318 g/mol. The van der Waals surface area contributed by atoms with Crippen LogP contribution in [0.3, 0.4) is 0 Å². The Bertz CT molecular complexity index is 845. The van der Waals surface area contributed by atoms with E-state index in [9.17, 15) is 9.59 Å². The molecule has 25 heavy (non-hydrogen) atoms. The summed E-state index contributed by atoms with van der Waals surface area (Å²) in [7, 11) is 0. The lowest BCUT2D eigenvalue weighted by Gasteiger charge is -2.17. The van der Waals surface area contributed by atoms with E-state index < -0.39 is 11.9 Å². The molecule has 5 heteroatoms. The second kappa shape index (κ2) is 6.33. The third kappa shape index (κ3) is 2.81. The third-order valence-electron chi connectivity index (χ3n) is 4.88. The van der Waals surface area contributed by atoms with Gasteiger partial charge in [-0.1, -0.05) is 30.3 Å². The molecule has 0 bridgehead atoms. The summed E-state index contributed by atoms with van der Waals surface area (Å²) in [5.41, 5.74) is 5.80. The molecule has 1 saturated heterocycles. The Balaban J connectivity index is 1.55. The molecular formula is C20H19NO4. The van der Waals surface area contributed by atoms with E-state index in [1.54, 1.807) is 4.90 Å². The molecule has 0 spiro atoms. The molecule has 1 amide bonds. The summed E-state index contributed by atoms with van der Waals surface area (Å²) in [5.74, 6) is -0.954. The van der Waals surface area contributed by atoms with E-state index in [4.69, 9.17) is 9.84 Å². The van der Waals surface area contributed by atoms with E-state index in [-0.39, 0.29) is 25.5 Å². The van der Waals surface area contributed by atoms with Gasteiger partial charge in [0.05, 0.1) is 12.5 Å². The van der Waals surface area contributed by atoms with Crippen LogP contribution in [0.25, 0.3) is 11.1 Å². The van der Waals surface area contributed by atoms with Gasteiger partial charge in [-0.2, -0.15) is 0 Å². The molecule has 0 radical (unpaired) electrons. The number of esters is 1. The summed E-state index contributed by atoms with van der Waals surface area (Å²) in [6.07, 6.45) is 1.02. The fourth-order valence-electron chi connectivity index (χ4n) is 3.68. The van der Waals surface area contributed by atoms with Crippen LogP contribution in [0.1, 0.15) is 17.5 Å². The fourth-order valence-corrected chi connectivity index (χ4v) is 3.68. The van der Waals surface area contributed by atoms with Gasteiger partial charge in [0, 0.05) is 18.7 Å². The number of anilines is 1. The predicted molar refractivity (Wildman–Crippen MR) is 93.2 cm³/mol. The lowest BCUT2D eigenvalue weighted by atomic mass is 10.1. The van der Waals surface area contributed by atoms with Crippen molar-refractivity contribution < 1.29 is 19.4 Å². The highest BCUT2D eigenvalue weighted by molar-refractivity contribution is 6.00. The highest BCUT2D eigenvalue weighted by Crippen LogP contribution is 2.39. The van der Waals surface area contributed by atoms with Crippen LogP contribution >= 0.6 is 0 Å². The molecule has 1 aliphatic heterocycles. The zero-order valence-corrected chi connectivity index (χ0v) is 13.8. The number of hydrogen-bond donors (Lipinski definition) is 1. The number of hydrogen-bond acceptors (Lipinski definition) is 4. The summed E-state index contributed by atoms with van der Waals surface area (Å²) in [6.45, 7) is 0.0942.